The van der Waals surface area contributed by atoms with E-state index in [9.17, 15) is 30.3 Å². The highest BCUT2D eigenvalue weighted by Crippen LogP contribution is 2.25. The van der Waals surface area contributed by atoms with E-state index in [0.717, 1.165) is 6.08 Å². The molecule has 0 spiro atoms. The first-order chi connectivity index (χ1) is 11.3. The lowest BCUT2D eigenvalue weighted by molar-refractivity contribution is -0.291. The maximum atomic E-state index is 11.7. The van der Waals surface area contributed by atoms with E-state index in [4.69, 9.17) is 14.6 Å². The van der Waals surface area contributed by atoms with Crippen molar-refractivity contribution in [1.29, 1.82) is 0 Å². The number of aliphatic hydroxyl groups is 4. The molecular weight excluding hydrogens is 324 g/mol. The molecule has 5 atom stereocenters. The predicted octanol–water partition coefficient (Wildman–Crippen LogP) is -1.55. The molecule has 1 aliphatic rings. The average Bonchev–Trinajstić information content (AvgIpc) is 2.56. The molecular formula is C15H18O9. The molecule has 0 radical (unpaired) electrons. The Morgan fingerprint density at radius 1 is 1.12 bits per heavy atom. The molecule has 0 saturated carbocycles. The third-order valence-electron chi connectivity index (χ3n) is 3.49. The van der Waals surface area contributed by atoms with E-state index in [0.29, 0.717) is 5.56 Å². The number of esters is 1. The normalized spacial score (nSPS) is 30.4. The molecule has 6 N–H and O–H groups in total. The van der Waals surface area contributed by atoms with Gasteiger partial charge >= 0.3 is 5.97 Å². The molecule has 9 nitrogen and oxygen atoms in total. The molecule has 0 amide bonds. The van der Waals surface area contributed by atoms with Crippen LogP contribution in [0.25, 0.3) is 6.08 Å². The van der Waals surface area contributed by atoms with Gasteiger partial charge in [0.25, 0.3) is 0 Å². The molecule has 1 aromatic rings. The van der Waals surface area contributed by atoms with E-state index < -0.39 is 43.3 Å². The lowest BCUT2D eigenvalue weighted by Crippen LogP contribution is -2.59. The monoisotopic (exact) mass is 342 g/mol. The zero-order valence-electron chi connectivity index (χ0n) is 12.4. The van der Waals surface area contributed by atoms with Gasteiger partial charge in [-0.1, -0.05) is 6.07 Å². The van der Waals surface area contributed by atoms with Crippen LogP contribution in [0.1, 0.15) is 5.56 Å². The van der Waals surface area contributed by atoms with Crippen molar-refractivity contribution < 1.29 is 44.9 Å². The SMILES string of the molecule is O=C(/C=C/c1ccc(O)c(O)c1)O[C@@H]1O[C@@H](CO)[C@@H](O)[C@H](O)[C@H]1O. The largest absolute Gasteiger partial charge is 0.504 e. The fourth-order valence-electron chi connectivity index (χ4n) is 2.13. The van der Waals surface area contributed by atoms with Gasteiger partial charge in [0.05, 0.1) is 6.61 Å². The minimum atomic E-state index is -1.68. The minimum Gasteiger partial charge on any atom is -0.504 e. The van der Waals surface area contributed by atoms with Gasteiger partial charge < -0.3 is 40.1 Å². The van der Waals surface area contributed by atoms with Crippen LogP contribution < -0.4 is 0 Å². The first kappa shape index (κ1) is 18.2. The van der Waals surface area contributed by atoms with E-state index in [1.54, 1.807) is 0 Å². The fourth-order valence-corrected chi connectivity index (χ4v) is 2.13. The van der Waals surface area contributed by atoms with E-state index in [2.05, 4.69) is 0 Å². The quantitative estimate of drug-likeness (QED) is 0.217. The van der Waals surface area contributed by atoms with Gasteiger partial charge in [0, 0.05) is 6.08 Å². The van der Waals surface area contributed by atoms with Gasteiger partial charge in [0.1, 0.15) is 24.4 Å². The number of hydrogen-bond donors (Lipinski definition) is 6. The Kier molecular flexibility index (Phi) is 5.75. The lowest BCUT2D eigenvalue weighted by atomic mass is 9.99. The molecule has 0 unspecified atom stereocenters. The Labute approximate surface area is 136 Å². The summed E-state index contributed by atoms with van der Waals surface area (Å²) in [7, 11) is 0. The van der Waals surface area contributed by atoms with E-state index >= 15 is 0 Å². The van der Waals surface area contributed by atoms with Crippen molar-refractivity contribution in [3.63, 3.8) is 0 Å². The van der Waals surface area contributed by atoms with Crippen LogP contribution in [-0.2, 0) is 14.3 Å². The number of hydrogen-bond acceptors (Lipinski definition) is 9. The number of aromatic hydroxyl groups is 2. The molecule has 132 valence electrons. The average molecular weight is 342 g/mol. The zero-order valence-corrected chi connectivity index (χ0v) is 12.4. The number of aliphatic hydroxyl groups excluding tert-OH is 4. The van der Waals surface area contributed by atoms with E-state index in [1.807, 2.05) is 0 Å². The molecule has 24 heavy (non-hydrogen) atoms. The third-order valence-corrected chi connectivity index (χ3v) is 3.49. The maximum absolute atomic E-state index is 11.7. The molecule has 2 rings (SSSR count). The summed E-state index contributed by atoms with van der Waals surface area (Å²) in [5.74, 6) is -1.60. The highest BCUT2D eigenvalue weighted by Gasteiger charge is 2.45. The Bertz CT molecular complexity index is 613. The second-order valence-electron chi connectivity index (χ2n) is 5.22. The topological polar surface area (TPSA) is 157 Å². The summed E-state index contributed by atoms with van der Waals surface area (Å²) in [5.41, 5.74) is 0.399. The summed E-state index contributed by atoms with van der Waals surface area (Å²) in [6, 6.07) is 3.89. The minimum absolute atomic E-state index is 0.309. The van der Waals surface area contributed by atoms with Crippen molar-refractivity contribution in [3.05, 3.63) is 29.8 Å². The summed E-state index contributed by atoms with van der Waals surface area (Å²) in [4.78, 5) is 11.7. The van der Waals surface area contributed by atoms with Crippen LogP contribution in [0.4, 0.5) is 0 Å². The van der Waals surface area contributed by atoms with Crippen LogP contribution in [0.5, 0.6) is 11.5 Å². The molecule has 1 saturated heterocycles. The van der Waals surface area contributed by atoms with Crippen LogP contribution in [-0.4, -0.2) is 73.9 Å². The van der Waals surface area contributed by atoms with Crippen LogP contribution in [0.15, 0.2) is 24.3 Å². The third kappa shape index (κ3) is 4.02. The van der Waals surface area contributed by atoms with E-state index in [-0.39, 0.29) is 11.5 Å². The Morgan fingerprint density at radius 2 is 1.83 bits per heavy atom. The summed E-state index contributed by atoms with van der Waals surface area (Å²) in [6.45, 7) is -0.637. The van der Waals surface area contributed by atoms with Gasteiger partial charge in [-0.05, 0) is 23.8 Å². The van der Waals surface area contributed by atoms with Crippen molar-refractivity contribution in [2.45, 2.75) is 30.7 Å². The molecule has 9 heteroatoms. The molecule has 0 aliphatic carbocycles. The van der Waals surface area contributed by atoms with Crippen molar-refractivity contribution in [2.24, 2.45) is 0 Å². The van der Waals surface area contributed by atoms with Gasteiger partial charge in [-0.25, -0.2) is 4.79 Å². The number of carbonyl (C=O) groups excluding carboxylic acids is 1. The summed E-state index contributed by atoms with van der Waals surface area (Å²) < 4.78 is 9.87. The number of phenols is 2. The smallest absolute Gasteiger partial charge is 0.333 e. The molecule has 1 aromatic carbocycles. The fraction of sp³-hybridized carbons (Fsp3) is 0.400. The van der Waals surface area contributed by atoms with Gasteiger partial charge in [-0.3, -0.25) is 0 Å². The Hall–Kier alpha value is -2.17. The second-order valence-corrected chi connectivity index (χ2v) is 5.22. The predicted molar refractivity (Wildman–Crippen MR) is 78.7 cm³/mol. The first-order valence-corrected chi connectivity index (χ1v) is 7.04. The number of rotatable bonds is 4. The van der Waals surface area contributed by atoms with Gasteiger partial charge in [-0.15, -0.1) is 0 Å². The molecule has 1 fully saturated rings. The molecule has 1 aliphatic heterocycles. The van der Waals surface area contributed by atoms with Crippen LogP contribution >= 0.6 is 0 Å². The highest BCUT2D eigenvalue weighted by atomic mass is 16.7. The lowest BCUT2D eigenvalue weighted by Gasteiger charge is -2.38. The van der Waals surface area contributed by atoms with Gasteiger partial charge in [0.15, 0.2) is 11.5 Å². The number of ether oxygens (including phenoxy) is 2. The highest BCUT2D eigenvalue weighted by molar-refractivity contribution is 5.87. The van der Waals surface area contributed by atoms with Crippen molar-refractivity contribution >= 4 is 12.0 Å². The van der Waals surface area contributed by atoms with Gasteiger partial charge in [-0.2, -0.15) is 0 Å². The summed E-state index contributed by atoms with van der Waals surface area (Å²) in [5, 5.41) is 56.5. The van der Waals surface area contributed by atoms with Gasteiger partial charge in [0.2, 0.25) is 6.29 Å². The summed E-state index contributed by atoms with van der Waals surface area (Å²) >= 11 is 0. The maximum Gasteiger partial charge on any atom is 0.333 e. The molecule has 1 heterocycles. The van der Waals surface area contributed by atoms with Crippen molar-refractivity contribution in [3.8, 4) is 11.5 Å². The Balaban J connectivity index is 2.00. The Morgan fingerprint density at radius 3 is 2.46 bits per heavy atom. The molecule has 0 aromatic heterocycles. The number of phenolic OH excluding ortho intramolecular Hbond substituents is 2. The van der Waals surface area contributed by atoms with Crippen LogP contribution in [0.2, 0.25) is 0 Å². The molecule has 0 bridgehead atoms. The second kappa shape index (κ2) is 7.60. The van der Waals surface area contributed by atoms with Crippen molar-refractivity contribution in [1.82, 2.24) is 0 Å². The van der Waals surface area contributed by atoms with Crippen LogP contribution in [0, 0.1) is 0 Å². The zero-order chi connectivity index (χ0) is 17.9. The number of benzene rings is 1. The standard InChI is InChI=1S/C15H18O9/c16-6-10-12(20)13(21)14(22)15(23-10)24-11(19)4-2-7-1-3-8(17)9(18)5-7/h1-5,10,12-18,20-22H,6H2/b4-2+/t10-,12+,13-,14+,15-/m0/s1. The van der Waals surface area contributed by atoms with Crippen molar-refractivity contribution in [2.75, 3.05) is 6.61 Å². The number of carbonyl (C=O) groups is 1. The van der Waals surface area contributed by atoms with Crippen LogP contribution in [0.3, 0.4) is 0 Å². The van der Waals surface area contributed by atoms with E-state index in [1.165, 1.54) is 24.3 Å². The summed E-state index contributed by atoms with van der Waals surface area (Å²) in [6.07, 6.45) is -5.36. The first-order valence-electron chi connectivity index (χ1n) is 7.04.